The second kappa shape index (κ2) is 6.02. The van der Waals surface area contributed by atoms with Crippen molar-refractivity contribution < 1.29 is 9.53 Å². The van der Waals surface area contributed by atoms with Crippen LogP contribution in [-0.4, -0.2) is 25.2 Å². The number of hydrogen-bond acceptors (Lipinski definition) is 2. The SMILES string of the molecule is CC(C)OCCN1C(=O)CCc2cc(I)ccc21. The Morgan fingerprint density at radius 2 is 2.17 bits per heavy atom. The highest BCUT2D eigenvalue weighted by molar-refractivity contribution is 14.1. The molecule has 0 unspecified atom stereocenters. The summed E-state index contributed by atoms with van der Waals surface area (Å²) in [6.07, 6.45) is 1.67. The van der Waals surface area contributed by atoms with E-state index >= 15 is 0 Å². The number of hydrogen-bond donors (Lipinski definition) is 0. The number of rotatable bonds is 4. The fourth-order valence-electron chi connectivity index (χ4n) is 2.15. The molecule has 3 nitrogen and oxygen atoms in total. The summed E-state index contributed by atoms with van der Waals surface area (Å²) in [5, 5.41) is 0. The average Bonchev–Trinajstić information content (AvgIpc) is 2.31. The van der Waals surface area contributed by atoms with Crippen molar-refractivity contribution in [3.05, 3.63) is 27.3 Å². The van der Waals surface area contributed by atoms with Crippen LogP contribution in [0.3, 0.4) is 0 Å². The number of carbonyl (C=O) groups is 1. The first-order valence-electron chi connectivity index (χ1n) is 6.28. The molecule has 0 radical (unpaired) electrons. The Balaban J connectivity index is 2.12. The minimum Gasteiger partial charge on any atom is -0.377 e. The van der Waals surface area contributed by atoms with Crippen LogP contribution in [0, 0.1) is 3.57 Å². The second-order valence-electron chi connectivity index (χ2n) is 4.74. The summed E-state index contributed by atoms with van der Waals surface area (Å²) in [7, 11) is 0. The Hall–Kier alpha value is -0.620. The van der Waals surface area contributed by atoms with Gasteiger partial charge in [-0.15, -0.1) is 0 Å². The normalized spacial score (nSPS) is 15.1. The molecule has 1 aromatic rings. The number of benzene rings is 1. The van der Waals surface area contributed by atoms with E-state index in [2.05, 4.69) is 28.7 Å². The molecule has 0 saturated carbocycles. The lowest BCUT2D eigenvalue weighted by atomic mass is 10.0. The van der Waals surface area contributed by atoms with Gasteiger partial charge in [-0.25, -0.2) is 0 Å². The van der Waals surface area contributed by atoms with Crippen LogP contribution in [0.2, 0.25) is 0 Å². The van der Waals surface area contributed by atoms with Crippen molar-refractivity contribution in [3.8, 4) is 0 Å². The number of anilines is 1. The van der Waals surface area contributed by atoms with Crippen LogP contribution in [0.5, 0.6) is 0 Å². The molecule has 0 aliphatic carbocycles. The van der Waals surface area contributed by atoms with Gasteiger partial charge in [0.15, 0.2) is 0 Å². The maximum atomic E-state index is 12.0. The van der Waals surface area contributed by atoms with Gasteiger partial charge in [-0.1, -0.05) is 0 Å². The van der Waals surface area contributed by atoms with Crippen molar-refractivity contribution in [2.45, 2.75) is 32.8 Å². The number of amides is 1. The van der Waals surface area contributed by atoms with Crippen molar-refractivity contribution in [2.75, 3.05) is 18.1 Å². The van der Waals surface area contributed by atoms with Crippen LogP contribution in [0.4, 0.5) is 5.69 Å². The zero-order valence-electron chi connectivity index (χ0n) is 10.8. The molecule has 0 bridgehead atoms. The van der Waals surface area contributed by atoms with Crippen LogP contribution in [0.1, 0.15) is 25.8 Å². The molecular formula is C14H18INO2. The zero-order chi connectivity index (χ0) is 13.1. The highest BCUT2D eigenvalue weighted by atomic mass is 127. The third-order valence-corrected chi connectivity index (χ3v) is 3.68. The molecule has 0 saturated heterocycles. The predicted octanol–water partition coefficient (Wildman–Crippen LogP) is 3.00. The summed E-state index contributed by atoms with van der Waals surface area (Å²) in [6.45, 7) is 5.25. The first-order valence-corrected chi connectivity index (χ1v) is 7.36. The first kappa shape index (κ1) is 13.8. The molecule has 0 atom stereocenters. The van der Waals surface area contributed by atoms with Crippen LogP contribution >= 0.6 is 22.6 Å². The third kappa shape index (κ3) is 3.23. The number of carbonyl (C=O) groups excluding carboxylic acids is 1. The molecule has 98 valence electrons. The maximum absolute atomic E-state index is 12.0. The standard InChI is InChI=1S/C14H18INO2/c1-10(2)18-8-7-16-13-5-4-12(15)9-11(13)3-6-14(16)17/h4-5,9-10H,3,6-8H2,1-2H3. The minimum atomic E-state index is 0.205. The van der Waals surface area contributed by atoms with E-state index in [1.54, 1.807) is 0 Å². The fraction of sp³-hybridized carbons (Fsp3) is 0.500. The lowest BCUT2D eigenvalue weighted by Gasteiger charge is -2.29. The van der Waals surface area contributed by atoms with E-state index in [1.165, 1.54) is 9.13 Å². The first-order chi connectivity index (χ1) is 8.58. The molecule has 0 N–H and O–H groups in total. The predicted molar refractivity (Wildman–Crippen MR) is 80.9 cm³/mol. The monoisotopic (exact) mass is 359 g/mol. The Morgan fingerprint density at radius 3 is 2.89 bits per heavy atom. The molecule has 1 aliphatic heterocycles. The Kier molecular flexibility index (Phi) is 4.61. The topological polar surface area (TPSA) is 29.5 Å². The van der Waals surface area contributed by atoms with E-state index in [9.17, 15) is 4.79 Å². The van der Waals surface area contributed by atoms with E-state index in [0.29, 0.717) is 19.6 Å². The number of aryl methyl sites for hydroxylation is 1. The van der Waals surface area contributed by atoms with Gasteiger partial charge in [0.05, 0.1) is 12.7 Å². The smallest absolute Gasteiger partial charge is 0.227 e. The molecule has 4 heteroatoms. The summed E-state index contributed by atoms with van der Waals surface area (Å²) in [5.74, 6) is 0.205. The number of nitrogens with zero attached hydrogens (tertiary/aromatic N) is 1. The third-order valence-electron chi connectivity index (χ3n) is 3.01. The van der Waals surface area contributed by atoms with Gasteiger partial charge in [0.25, 0.3) is 0 Å². The summed E-state index contributed by atoms with van der Waals surface area (Å²) in [4.78, 5) is 13.8. The van der Waals surface area contributed by atoms with Crippen LogP contribution in [-0.2, 0) is 16.0 Å². The van der Waals surface area contributed by atoms with E-state index in [1.807, 2.05) is 30.9 Å². The Bertz CT molecular complexity index is 445. The highest BCUT2D eigenvalue weighted by Crippen LogP contribution is 2.29. The zero-order valence-corrected chi connectivity index (χ0v) is 12.9. The molecule has 1 aliphatic rings. The van der Waals surface area contributed by atoms with Crippen molar-refractivity contribution in [2.24, 2.45) is 0 Å². The minimum absolute atomic E-state index is 0.205. The number of halogens is 1. The van der Waals surface area contributed by atoms with Crippen LogP contribution in [0.15, 0.2) is 18.2 Å². The molecule has 0 spiro atoms. The Labute approximate surface area is 122 Å². The summed E-state index contributed by atoms with van der Waals surface area (Å²) >= 11 is 2.31. The molecule has 0 aromatic heterocycles. The number of ether oxygens (including phenoxy) is 1. The molecular weight excluding hydrogens is 341 g/mol. The second-order valence-corrected chi connectivity index (χ2v) is 5.98. The summed E-state index contributed by atoms with van der Waals surface area (Å²) < 4.78 is 6.76. The quantitative estimate of drug-likeness (QED) is 0.774. The largest absolute Gasteiger partial charge is 0.377 e. The van der Waals surface area contributed by atoms with E-state index in [-0.39, 0.29) is 12.0 Å². The van der Waals surface area contributed by atoms with E-state index in [0.717, 1.165) is 12.1 Å². The van der Waals surface area contributed by atoms with Gasteiger partial charge in [0, 0.05) is 22.2 Å². The lowest BCUT2D eigenvalue weighted by Crippen LogP contribution is -2.38. The van der Waals surface area contributed by atoms with Crippen molar-refractivity contribution in [1.82, 2.24) is 0 Å². The van der Waals surface area contributed by atoms with Gasteiger partial charge in [-0.3, -0.25) is 4.79 Å². The average molecular weight is 359 g/mol. The van der Waals surface area contributed by atoms with Gasteiger partial charge < -0.3 is 9.64 Å². The number of fused-ring (bicyclic) bond motifs is 1. The molecule has 0 fully saturated rings. The molecule has 1 heterocycles. The molecule has 2 rings (SSSR count). The summed E-state index contributed by atoms with van der Waals surface area (Å²) in [6, 6.07) is 6.26. The molecule has 1 aromatic carbocycles. The van der Waals surface area contributed by atoms with Gasteiger partial charge in [0.2, 0.25) is 5.91 Å². The van der Waals surface area contributed by atoms with Crippen molar-refractivity contribution >= 4 is 34.2 Å². The van der Waals surface area contributed by atoms with Gasteiger partial charge in [-0.05, 0) is 66.6 Å². The lowest BCUT2D eigenvalue weighted by molar-refractivity contribution is -0.119. The summed E-state index contributed by atoms with van der Waals surface area (Å²) in [5.41, 5.74) is 2.32. The van der Waals surface area contributed by atoms with Gasteiger partial charge in [0.1, 0.15) is 0 Å². The molecule has 18 heavy (non-hydrogen) atoms. The van der Waals surface area contributed by atoms with E-state index in [4.69, 9.17) is 4.74 Å². The fourth-order valence-corrected chi connectivity index (χ4v) is 2.71. The van der Waals surface area contributed by atoms with Gasteiger partial charge >= 0.3 is 0 Å². The maximum Gasteiger partial charge on any atom is 0.227 e. The van der Waals surface area contributed by atoms with Crippen molar-refractivity contribution in [3.63, 3.8) is 0 Å². The van der Waals surface area contributed by atoms with Gasteiger partial charge in [-0.2, -0.15) is 0 Å². The van der Waals surface area contributed by atoms with E-state index < -0.39 is 0 Å². The van der Waals surface area contributed by atoms with Crippen LogP contribution < -0.4 is 4.90 Å². The van der Waals surface area contributed by atoms with Crippen LogP contribution in [0.25, 0.3) is 0 Å². The molecule has 1 amide bonds. The Morgan fingerprint density at radius 1 is 1.39 bits per heavy atom. The highest BCUT2D eigenvalue weighted by Gasteiger charge is 2.23. The van der Waals surface area contributed by atoms with Crippen molar-refractivity contribution in [1.29, 1.82) is 0 Å².